The van der Waals surface area contributed by atoms with Crippen LogP contribution in [0.15, 0.2) is 42.5 Å². The van der Waals surface area contributed by atoms with Crippen molar-refractivity contribution in [2.24, 2.45) is 0 Å². The molecule has 0 amide bonds. The maximum Gasteiger partial charge on any atom is 0.298 e. The average molecular weight is 288 g/mol. The van der Waals surface area contributed by atoms with Crippen LogP contribution in [0, 0.1) is 20.8 Å². The van der Waals surface area contributed by atoms with Gasteiger partial charge < -0.3 is 4.89 Å². The summed E-state index contributed by atoms with van der Waals surface area (Å²) in [6.07, 6.45) is 0. The second-order valence-corrected chi connectivity index (χ2v) is 6.97. The lowest BCUT2D eigenvalue weighted by Crippen LogP contribution is -2.14. The van der Waals surface area contributed by atoms with Gasteiger partial charge in [0, 0.05) is 10.9 Å². The molecule has 0 bridgehead atoms. The van der Waals surface area contributed by atoms with Crippen LogP contribution in [0.5, 0.6) is 0 Å². The van der Waals surface area contributed by atoms with Crippen molar-refractivity contribution in [3.8, 4) is 0 Å². The molecule has 0 aliphatic rings. The van der Waals surface area contributed by atoms with Crippen molar-refractivity contribution in [3.63, 3.8) is 0 Å². The number of benzene rings is 2. The highest BCUT2D eigenvalue weighted by molar-refractivity contribution is 7.82. The summed E-state index contributed by atoms with van der Waals surface area (Å²) in [6.45, 7) is 5.67. The summed E-state index contributed by atoms with van der Waals surface area (Å²) >= 11 is 0. The SMILES string of the molecule is Cc1ccc(C(=O)P(=O)(O)c2ccccc2)c(C)c1C. The Morgan fingerprint density at radius 1 is 0.950 bits per heavy atom. The Morgan fingerprint density at radius 3 is 2.15 bits per heavy atom. The second-order valence-electron chi connectivity index (χ2n) is 4.90. The van der Waals surface area contributed by atoms with E-state index < -0.39 is 12.9 Å². The number of rotatable bonds is 3. The van der Waals surface area contributed by atoms with Crippen molar-refractivity contribution in [2.45, 2.75) is 20.8 Å². The lowest BCUT2D eigenvalue weighted by Gasteiger charge is -2.14. The summed E-state index contributed by atoms with van der Waals surface area (Å²) in [4.78, 5) is 22.6. The minimum Gasteiger partial charge on any atom is -0.336 e. The van der Waals surface area contributed by atoms with Crippen LogP contribution in [0.2, 0.25) is 0 Å². The molecule has 0 saturated heterocycles. The van der Waals surface area contributed by atoms with Gasteiger partial charge >= 0.3 is 0 Å². The maximum atomic E-state index is 12.5. The largest absolute Gasteiger partial charge is 0.336 e. The highest BCUT2D eigenvalue weighted by Gasteiger charge is 2.33. The van der Waals surface area contributed by atoms with E-state index in [0.717, 1.165) is 16.7 Å². The van der Waals surface area contributed by atoms with Gasteiger partial charge in [-0.3, -0.25) is 9.36 Å². The van der Waals surface area contributed by atoms with Crippen LogP contribution >= 0.6 is 7.37 Å². The minimum absolute atomic E-state index is 0.169. The Kier molecular flexibility index (Phi) is 3.94. The Hall–Kier alpha value is -1.70. The molecule has 2 aromatic carbocycles. The molecule has 0 saturated carbocycles. The molecule has 0 aliphatic heterocycles. The molecule has 0 spiro atoms. The standard InChI is InChI=1S/C16H17O3P/c1-11-9-10-15(13(3)12(11)2)16(17)20(18,19)14-7-5-4-6-8-14/h4-10H,1-3H3,(H,18,19). The first-order chi connectivity index (χ1) is 9.35. The van der Waals surface area contributed by atoms with Gasteiger partial charge in [-0.05, 0) is 49.6 Å². The van der Waals surface area contributed by atoms with E-state index >= 15 is 0 Å². The van der Waals surface area contributed by atoms with Crippen LogP contribution in [0.25, 0.3) is 0 Å². The molecule has 0 aromatic heterocycles. The fourth-order valence-corrected chi connectivity index (χ4v) is 3.48. The molecule has 20 heavy (non-hydrogen) atoms. The van der Waals surface area contributed by atoms with Crippen molar-refractivity contribution in [1.82, 2.24) is 0 Å². The summed E-state index contributed by atoms with van der Waals surface area (Å²) in [5.41, 5.74) is 2.42. The van der Waals surface area contributed by atoms with Crippen molar-refractivity contribution in [2.75, 3.05) is 0 Å². The van der Waals surface area contributed by atoms with Gasteiger partial charge in [0.05, 0.1) is 0 Å². The third-order valence-corrected chi connectivity index (χ3v) is 5.46. The average Bonchev–Trinajstić information content (AvgIpc) is 2.45. The molecule has 3 nitrogen and oxygen atoms in total. The number of hydrogen-bond donors (Lipinski definition) is 1. The zero-order valence-electron chi connectivity index (χ0n) is 11.8. The molecule has 0 heterocycles. The third kappa shape index (κ3) is 2.47. The predicted molar refractivity (Wildman–Crippen MR) is 80.9 cm³/mol. The van der Waals surface area contributed by atoms with E-state index in [1.807, 2.05) is 13.8 Å². The first-order valence-corrected chi connectivity index (χ1v) is 8.01. The fourth-order valence-electron chi connectivity index (χ4n) is 2.10. The first kappa shape index (κ1) is 14.7. The number of hydrogen-bond acceptors (Lipinski definition) is 2. The Bertz CT molecular complexity index is 705. The van der Waals surface area contributed by atoms with Gasteiger partial charge in [-0.1, -0.05) is 30.3 Å². The van der Waals surface area contributed by atoms with Gasteiger partial charge in [0.1, 0.15) is 0 Å². The van der Waals surface area contributed by atoms with Gasteiger partial charge in [0.25, 0.3) is 12.9 Å². The normalized spacial score (nSPS) is 13.8. The number of aryl methyl sites for hydroxylation is 1. The lowest BCUT2D eigenvalue weighted by molar-refractivity contribution is 0.106. The van der Waals surface area contributed by atoms with E-state index in [-0.39, 0.29) is 5.30 Å². The molecule has 1 N–H and O–H groups in total. The van der Waals surface area contributed by atoms with Crippen molar-refractivity contribution in [3.05, 3.63) is 64.7 Å². The van der Waals surface area contributed by atoms with E-state index in [1.165, 1.54) is 12.1 Å². The highest BCUT2D eigenvalue weighted by atomic mass is 31.2. The lowest BCUT2D eigenvalue weighted by atomic mass is 10.00. The van der Waals surface area contributed by atoms with Crippen LogP contribution in [0.4, 0.5) is 0 Å². The van der Waals surface area contributed by atoms with Crippen molar-refractivity contribution < 1.29 is 14.3 Å². The Labute approximate surface area is 118 Å². The summed E-state index contributed by atoms with van der Waals surface area (Å²) in [7, 11) is -4.06. The molecule has 2 rings (SSSR count). The molecule has 0 aliphatic carbocycles. The fraction of sp³-hybridized carbons (Fsp3) is 0.188. The van der Waals surface area contributed by atoms with E-state index in [1.54, 1.807) is 37.3 Å². The number of carbonyl (C=O) groups is 1. The molecule has 0 fully saturated rings. The summed E-state index contributed by atoms with van der Waals surface area (Å²) in [5, 5.41) is 0.169. The van der Waals surface area contributed by atoms with E-state index in [4.69, 9.17) is 0 Å². The van der Waals surface area contributed by atoms with Gasteiger partial charge in [-0.15, -0.1) is 0 Å². The van der Waals surface area contributed by atoms with Crippen LogP contribution in [0.3, 0.4) is 0 Å². The topological polar surface area (TPSA) is 54.4 Å². The zero-order chi connectivity index (χ0) is 14.9. The molecular weight excluding hydrogens is 271 g/mol. The van der Waals surface area contributed by atoms with Gasteiger partial charge in [0.2, 0.25) is 0 Å². The van der Waals surface area contributed by atoms with E-state index in [2.05, 4.69) is 0 Å². The van der Waals surface area contributed by atoms with Crippen molar-refractivity contribution in [1.29, 1.82) is 0 Å². The molecule has 2 aromatic rings. The maximum absolute atomic E-state index is 12.5. The second kappa shape index (κ2) is 5.35. The van der Waals surface area contributed by atoms with Crippen LogP contribution < -0.4 is 5.30 Å². The van der Waals surface area contributed by atoms with Crippen LogP contribution in [-0.2, 0) is 4.57 Å². The molecule has 4 heteroatoms. The molecular formula is C16H17O3P. The van der Waals surface area contributed by atoms with Crippen molar-refractivity contribution >= 4 is 18.2 Å². The molecule has 1 unspecified atom stereocenters. The minimum atomic E-state index is -4.06. The van der Waals surface area contributed by atoms with Gasteiger partial charge in [-0.2, -0.15) is 0 Å². The molecule has 104 valence electrons. The Morgan fingerprint density at radius 2 is 1.55 bits per heavy atom. The molecule has 1 atom stereocenters. The van der Waals surface area contributed by atoms with Crippen LogP contribution in [0.1, 0.15) is 27.0 Å². The summed E-state index contributed by atoms with van der Waals surface area (Å²) < 4.78 is 12.5. The van der Waals surface area contributed by atoms with Gasteiger partial charge in [-0.25, -0.2) is 0 Å². The highest BCUT2D eigenvalue weighted by Crippen LogP contribution is 2.44. The smallest absolute Gasteiger partial charge is 0.298 e. The van der Waals surface area contributed by atoms with Gasteiger partial charge in [0.15, 0.2) is 0 Å². The number of carbonyl (C=O) groups excluding carboxylic acids is 1. The van der Waals surface area contributed by atoms with E-state index in [0.29, 0.717) is 5.56 Å². The molecule has 0 radical (unpaired) electrons. The third-order valence-electron chi connectivity index (χ3n) is 3.67. The van der Waals surface area contributed by atoms with Crippen LogP contribution in [-0.4, -0.2) is 10.4 Å². The zero-order valence-corrected chi connectivity index (χ0v) is 12.6. The summed E-state index contributed by atoms with van der Waals surface area (Å²) in [6, 6.07) is 11.5. The Balaban J connectivity index is 2.52. The summed E-state index contributed by atoms with van der Waals surface area (Å²) in [5.74, 6) is 0. The quantitative estimate of drug-likeness (QED) is 0.881. The predicted octanol–water partition coefficient (Wildman–Crippen LogP) is 3.35. The monoisotopic (exact) mass is 288 g/mol. The van der Waals surface area contributed by atoms with E-state index in [9.17, 15) is 14.3 Å². The first-order valence-electron chi connectivity index (χ1n) is 6.36.